The highest BCUT2D eigenvalue weighted by Crippen LogP contribution is 2.18. The molecule has 0 aliphatic rings. The molecule has 0 saturated heterocycles. The van der Waals surface area contributed by atoms with Gasteiger partial charge in [-0.1, -0.05) is 44.4 Å². The van der Waals surface area contributed by atoms with Crippen LogP contribution in [-0.4, -0.2) is 0 Å². The first-order valence-corrected chi connectivity index (χ1v) is 6.12. The van der Waals surface area contributed by atoms with E-state index in [0.29, 0.717) is 5.58 Å². The molecule has 89 valence electrons. The first-order chi connectivity index (χ1) is 8.31. The number of hydrogen-bond donors (Lipinski definition) is 0. The van der Waals surface area contributed by atoms with E-state index in [1.165, 1.54) is 0 Å². The molecule has 0 unspecified atom stereocenters. The molecule has 1 radical (unpaired) electrons. The molecule has 0 saturated carbocycles. The van der Waals surface area contributed by atoms with Crippen LogP contribution >= 0.6 is 0 Å². The molecule has 2 rings (SSSR count). The standard InChI is InChI=1S/C15H17O2/c1-2-3-4-5-8-12-11-15(16)17-14-10-7-6-9-13(12)14/h6-7,9-11H,1-5,8H2. The van der Waals surface area contributed by atoms with Gasteiger partial charge in [-0.2, -0.15) is 0 Å². The zero-order valence-corrected chi connectivity index (χ0v) is 9.95. The molecule has 0 aliphatic carbocycles. The maximum absolute atomic E-state index is 11.4. The monoisotopic (exact) mass is 229 g/mol. The molecule has 0 fully saturated rings. The van der Waals surface area contributed by atoms with Crippen LogP contribution in [0.3, 0.4) is 0 Å². The van der Waals surface area contributed by atoms with Crippen LogP contribution in [0.1, 0.15) is 31.2 Å². The van der Waals surface area contributed by atoms with E-state index < -0.39 is 0 Å². The van der Waals surface area contributed by atoms with Gasteiger partial charge < -0.3 is 4.42 Å². The third-order valence-corrected chi connectivity index (χ3v) is 2.93. The van der Waals surface area contributed by atoms with Crippen LogP contribution in [0, 0.1) is 6.92 Å². The van der Waals surface area contributed by atoms with Crippen molar-refractivity contribution in [1.82, 2.24) is 0 Å². The van der Waals surface area contributed by atoms with Crippen LogP contribution in [0.5, 0.6) is 0 Å². The number of rotatable bonds is 5. The van der Waals surface area contributed by atoms with Crippen LogP contribution in [0.2, 0.25) is 0 Å². The Kier molecular flexibility index (Phi) is 3.97. The Morgan fingerprint density at radius 1 is 1.12 bits per heavy atom. The Balaban J connectivity index is 2.23. The van der Waals surface area contributed by atoms with Crippen molar-refractivity contribution >= 4 is 11.0 Å². The minimum atomic E-state index is -0.254. The number of hydrogen-bond acceptors (Lipinski definition) is 2. The number of unbranched alkanes of at least 4 members (excludes halogenated alkanes) is 3. The quantitative estimate of drug-likeness (QED) is 0.577. The Hall–Kier alpha value is -1.57. The molecule has 1 heterocycles. The summed E-state index contributed by atoms with van der Waals surface area (Å²) in [7, 11) is 0. The molecule has 1 aromatic heterocycles. The van der Waals surface area contributed by atoms with Gasteiger partial charge in [-0.25, -0.2) is 4.79 Å². The van der Waals surface area contributed by atoms with Crippen molar-refractivity contribution in [1.29, 1.82) is 0 Å². The molecule has 2 nitrogen and oxygen atoms in total. The van der Waals surface area contributed by atoms with E-state index in [0.717, 1.165) is 43.1 Å². The molecule has 2 aromatic rings. The molecule has 0 aliphatic heterocycles. The summed E-state index contributed by atoms with van der Waals surface area (Å²) in [5.74, 6) is 0. The lowest BCUT2D eigenvalue weighted by atomic mass is 10.0. The van der Waals surface area contributed by atoms with Gasteiger partial charge in [-0.15, -0.1) is 0 Å². The largest absolute Gasteiger partial charge is 0.423 e. The van der Waals surface area contributed by atoms with E-state index >= 15 is 0 Å². The predicted octanol–water partition coefficient (Wildman–Crippen LogP) is 3.73. The number of benzene rings is 1. The summed E-state index contributed by atoms with van der Waals surface area (Å²) in [4.78, 5) is 11.4. The lowest BCUT2D eigenvalue weighted by Crippen LogP contribution is -2.00. The fraction of sp³-hybridized carbons (Fsp3) is 0.333. The molecule has 0 amide bonds. The zero-order chi connectivity index (χ0) is 12.1. The Morgan fingerprint density at radius 2 is 1.94 bits per heavy atom. The zero-order valence-electron chi connectivity index (χ0n) is 9.95. The maximum atomic E-state index is 11.4. The highest BCUT2D eigenvalue weighted by atomic mass is 16.4. The molecular weight excluding hydrogens is 212 g/mol. The third kappa shape index (κ3) is 2.96. The van der Waals surface area contributed by atoms with Gasteiger partial charge in [0.05, 0.1) is 0 Å². The van der Waals surface area contributed by atoms with Crippen molar-refractivity contribution in [2.75, 3.05) is 0 Å². The molecule has 0 atom stereocenters. The predicted molar refractivity (Wildman–Crippen MR) is 70.0 cm³/mol. The van der Waals surface area contributed by atoms with Gasteiger partial charge >= 0.3 is 5.63 Å². The first-order valence-electron chi connectivity index (χ1n) is 6.12. The molecule has 1 aromatic carbocycles. The van der Waals surface area contributed by atoms with E-state index in [1.807, 2.05) is 24.3 Å². The van der Waals surface area contributed by atoms with Crippen molar-refractivity contribution in [2.45, 2.75) is 32.1 Å². The summed E-state index contributed by atoms with van der Waals surface area (Å²) >= 11 is 0. The van der Waals surface area contributed by atoms with Crippen molar-refractivity contribution in [3.8, 4) is 0 Å². The lowest BCUT2D eigenvalue weighted by molar-refractivity contribution is 0.557. The van der Waals surface area contributed by atoms with Crippen molar-refractivity contribution < 1.29 is 4.42 Å². The fourth-order valence-electron chi connectivity index (χ4n) is 2.05. The van der Waals surface area contributed by atoms with Crippen molar-refractivity contribution in [3.05, 3.63) is 53.2 Å². The summed E-state index contributed by atoms with van der Waals surface area (Å²) in [6, 6.07) is 9.33. The van der Waals surface area contributed by atoms with Gasteiger partial charge in [-0.3, -0.25) is 0 Å². The summed E-state index contributed by atoms with van der Waals surface area (Å²) in [6.07, 6.45) is 5.34. The summed E-state index contributed by atoms with van der Waals surface area (Å²) in [6.45, 7) is 3.83. The van der Waals surface area contributed by atoms with Crippen LogP contribution in [-0.2, 0) is 6.42 Å². The molecule has 0 N–H and O–H groups in total. The molecule has 0 spiro atoms. The van der Waals surface area contributed by atoms with Gasteiger partial charge in [0.2, 0.25) is 0 Å². The van der Waals surface area contributed by atoms with Gasteiger partial charge in [0, 0.05) is 11.5 Å². The van der Waals surface area contributed by atoms with E-state index in [-0.39, 0.29) is 5.63 Å². The SMILES string of the molecule is [CH2]CCCCCc1cc(=O)oc2ccccc12. The first kappa shape index (κ1) is 11.9. The lowest BCUT2D eigenvalue weighted by Gasteiger charge is -2.04. The van der Waals surface area contributed by atoms with E-state index in [2.05, 4.69) is 6.92 Å². The van der Waals surface area contributed by atoms with E-state index in [4.69, 9.17) is 4.42 Å². The molecule has 17 heavy (non-hydrogen) atoms. The topological polar surface area (TPSA) is 30.2 Å². The molecular formula is C15H17O2. The minimum Gasteiger partial charge on any atom is -0.423 e. The smallest absolute Gasteiger partial charge is 0.336 e. The molecule has 2 heteroatoms. The second kappa shape index (κ2) is 5.67. The summed E-state index contributed by atoms with van der Waals surface area (Å²) in [5, 5.41) is 1.06. The average Bonchev–Trinajstić information content (AvgIpc) is 2.34. The van der Waals surface area contributed by atoms with E-state index in [9.17, 15) is 4.79 Å². The van der Waals surface area contributed by atoms with Gasteiger partial charge in [0.25, 0.3) is 0 Å². The van der Waals surface area contributed by atoms with Crippen LogP contribution in [0.25, 0.3) is 11.0 Å². The average molecular weight is 229 g/mol. The van der Waals surface area contributed by atoms with Crippen LogP contribution < -0.4 is 5.63 Å². The Bertz CT molecular complexity index is 540. The van der Waals surface area contributed by atoms with Crippen LogP contribution in [0.4, 0.5) is 0 Å². The summed E-state index contributed by atoms with van der Waals surface area (Å²) in [5.41, 5.74) is 1.53. The highest BCUT2D eigenvalue weighted by Gasteiger charge is 2.04. The maximum Gasteiger partial charge on any atom is 0.336 e. The van der Waals surface area contributed by atoms with Gasteiger partial charge in [0.15, 0.2) is 0 Å². The minimum absolute atomic E-state index is 0.254. The van der Waals surface area contributed by atoms with Gasteiger partial charge in [0.1, 0.15) is 5.58 Å². The number of aryl methyl sites for hydroxylation is 1. The van der Waals surface area contributed by atoms with E-state index in [1.54, 1.807) is 6.07 Å². The molecule has 0 bridgehead atoms. The Morgan fingerprint density at radius 3 is 2.76 bits per heavy atom. The highest BCUT2D eigenvalue weighted by molar-refractivity contribution is 5.79. The fourth-order valence-corrected chi connectivity index (χ4v) is 2.05. The number of para-hydroxylation sites is 1. The normalized spacial score (nSPS) is 10.9. The third-order valence-electron chi connectivity index (χ3n) is 2.93. The second-order valence-electron chi connectivity index (χ2n) is 4.25. The summed E-state index contributed by atoms with van der Waals surface area (Å²) < 4.78 is 5.16. The van der Waals surface area contributed by atoms with Crippen LogP contribution in [0.15, 0.2) is 39.5 Å². The van der Waals surface area contributed by atoms with Crippen molar-refractivity contribution in [2.24, 2.45) is 0 Å². The second-order valence-corrected chi connectivity index (χ2v) is 4.25. The Labute approximate surface area is 101 Å². The number of fused-ring (bicyclic) bond motifs is 1. The van der Waals surface area contributed by atoms with Gasteiger partial charge in [-0.05, 0) is 24.5 Å². The van der Waals surface area contributed by atoms with Crippen molar-refractivity contribution in [3.63, 3.8) is 0 Å².